The first kappa shape index (κ1) is 36.4. The number of benzene rings is 2. The molecule has 0 N–H and O–H groups in total. The lowest BCUT2D eigenvalue weighted by atomic mass is 9.72. The number of esters is 2. The van der Waals surface area contributed by atoms with Gasteiger partial charge in [-0.25, -0.2) is 4.79 Å². The molecular formula is C32H38N10O7. The van der Waals surface area contributed by atoms with Gasteiger partial charge in [0.15, 0.2) is 0 Å². The highest BCUT2D eigenvalue weighted by Crippen LogP contribution is 2.42. The van der Waals surface area contributed by atoms with Gasteiger partial charge in [0.1, 0.15) is 18.8 Å². The minimum absolute atomic E-state index is 0.0503. The maximum absolute atomic E-state index is 13.7. The molecule has 1 aliphatic heterocycles. The van der Waals surface area contributed by atoms with Gasteiger partial charge >= 0.3 is 18.0 Å². The molecule has 4 unspecified atom stereocenters. The molecule has 9 atom stereocenters. The monoisotopic (exact) mass is 674 g/mol. The Balaban J connectivity index is 1.71. The van der Waals surface area contributed by atoms with Crippen LogP contribution in [-0.4, -0.2) is 71.5 Å². The largest absolute Gasteiger partial charge is 0.458 e. The van der Waals surface area contributed by atoms with Crippen molar-refractivity contribution in [3.8, 4) is 0 Å². The molecule has 0 radical (unpaired) electrons. The number of carbonyl (C=O) groups excluding carboxylic acids is 3. The van der Waals surface area contributed by atoms with Gasteiger partial charge < -0.3 is 18.9 Å². The van der Waals surface area contributed by atoms with Crippen LogP contribution in [0.2, 0.25) is 0 Å². The van der Waals surface area contributed by atoms with Crippen LogP contribution in [0.1, 0.15) is 51.2 Å². The van der Waals surface area contributed by atoms with Crippen LogP contribution < -0.4 is 0 Å². The van der Waals surface area contributed by atoms with Gasteiger partial charge in [-0.2, -0.15) is 0 Å². The van der Waals surface area contributed by atoms with Crippen LogP contribution >= 0.6 is 0 Å². The molecule has 258 valence electrons. The number of carbonyl (C=O) groups is 3. The Bertz CT molecular complexity index is 1600. The Labute approximate surface area is 282 Å². The SMILES string of the molecule is CC(=O)O[C@H]1[C@H](C2O[C@H]([C@@H](C)N(Cc3ccccc3)C(=O)OCc3ccccc3)CCC2N=[N+]=[N-])C(N=[N+]=[N-])CC(N=[N+]=[N-])[C@@H]1OC(C)=O. The summed E-state index contributed by atoms with van der Waals surface area (Å²) in [5.41, 5.74) is 30.0. The molecule has 1 amide bonds. The second-order valence-corrected chi connectivity index (χ2v) is 11.9. The molecule has 4 rings (SSSR count). The third-order valence-corrected chi connectivity index (χ3v) is 8.72. The molecule has 17 nitrogen and oxygen atoms in total. The van der Waals surface area contributed by atoms with E-state index in [9.17, 15) is 31.0 Å². The predicted octanol–water partition coefficient (Wildman–Crippen LogP) is 6.68. The fourth-order valence-corrected chi connectivity index (χ4v) is 6.56. The molecule has 2 fully saturated rings. The highest BCUT2D eigenvalue weighted by atomic mass is 16.6. The van der Waals surface area contributed by atoms with Gasteiger partial charge in [-0.3, -0.25) is 14.5 Å². The summed E-state index contributed by atoms with van der Waals surface area (Å²) < 4.78 is 23.7. The maximum Gasteiger partial charge on any atom is 0.410 e. The van der Waals surface area contributed by atoms with Gasteiger partial charge in [0.25, 0.3) is 0 Å². The minimum atomic E-state index is -1.31. The zero-order valence-corrected chi connectivity index (χ0v) is 27.3. The number of amides is 1. The van der Waals surface area contributed by atoms with Gasteiger partial charge in [0.05, 0.1) is 30.3 Å². The standard InChI is InChI=1S/C32H38N10O7/c1-19(42(17-22-10-6-4-7-11-22)32(45)46-18-23-12-8-5-9-13-23)27-15-14-24(36-39-33)29(49-27)28-25(37-40-34)16-26(38-41-35)30(47-20(2)43)31(28)48-21(3)44/h4-13,19,24-31H,14-18H2,1-3H3/t19-,24?,25?,26?,27+,28+,29?,30+,31+/m1/s1. The van der Waals surface area contributed by atoms with Crippen molar-refractivity contribution in [3.05, 3.63) is 103 Å². The molecule has 0 aromatic heterocycles. The van der Waals surface area contributed by atoms with Crippen molar-refractivity contribution in [2.24, 2.45) is 21.3 Å². The average molecular weight is 675 g/mol. The van der Waals surface area contributed by atoms with E-state index >= 15 is 0 Å². The summed E-state index contributed by atoms with van der Waals surface area (Å²) in [4.78, 5) is 48.7. The van der Waals surface area contributed by atoms with Gasteiger partial charge in [-0.05, 0) is 53.9 Å². The van der Waals surface area contributed by atoms with Crippen molar-refractivity contribution in [1.82, 2.24) is 4.90 Å². The predicted molar refractivity (Wildman–Crippen MR) is 174 cm³/mol. The first-order valence-corrected chi connectivity index (χ1v) is 15.8. The quantitative estimate of drug-likeness (QED) is 0.0776. The Kier molecular flexibility index (Phi) is 13.1. The zero-order chi connectivity index (χ0) is 35.3. The molecule has 1 saturated carbocycles. The van der Waals surface area contributed by atoms with Gasteiger partial charge in [-0.1, -0.05) is 76.0 Å². The highest BCUT2D eigenvalue weighted by Gasteiger charge is 2.54. The van der Waals surface area contributed by atoms with E-state index in [0.29, 0.717) is 12.8 Å². The second-order valence-electron chi connectivity index (χ2n) is 11.9. The summed E-state index contributed by atoms with van der Waals surface area (Å²) in [6.45, 7) is 4.37. The normalized spacial score (nSPS) is 26.7. The Morgan fingerprint density at radius 2 is 1.37 bits per heavy atom. The van der Waals surface area contributed by atoms with Crippen molar-refractivity contribution < 1.29 is 33.3 Å². The van der Waals surface area contributed by atoms with Crippen LogP contribution in [-0.2, 0) is 41.7 Å². The summed E-state index contributed by atoms with van der Waals surface area (Å²) in [6.07, 6.45) is -4.26. The van der Waals surface area contributed by atoms with Crippen molar-refractivity contribution in [2.45, 2.75) is 102 Å². The van der Waals surface area contributed by atoms with E-state index in [1.54, 1.807) is 4.90 Å². The zero-order valence-electron chi connectivity index (χ0n) is 27.3. The molecule has 17 heteroatoms. The third kappa shape index (κ3) is 9.55. The summed E-state index contributed by atoms with van der Waals surface area (Å²) in [5.74, 6) is -2.48. The molecule has 2 aromatic carbocycles. The third-order valence-electron chi connectivity index (χ3n) is 8.72. The molecule has 1 aliphatic carbocycles. The lowest BCUT2D eigenvalue weighted by molar-refractivity contribution is -0.197. The first-order valence-electron chi connectivity index (χ1n) is 15.8. The number of hydrogen-bond donors (Lipinski definition) is 0. The van der Waals surface area contributed by atoms with Crippen LogP contribution in [0.3, 0.4) is 0 Å². The Morgan fingerprint density at radius 1 is 0.816 bits per heavy atom. The van der Waals surface area contributed by atoms with E-state index in [4.69, 9.17) is 18.9 Å². The molecule has 0 bridgehead atoms. The van der Waals surface area contributed by atoms with Crippen molar-refractivity contribution in [3.63, 3.8) is 0 Å². The van der Waals surface area contributed by atoms with Crippen LogP contribution in [0.15, 0.2) is 76.0 Å². The highest BCUT2D eigenvalue weighted by molar-refractivity contribution is 5.68. The van der Waals surface area contributed by atoms with Crippen LogP contribution in [0.5, 0.6) is 0 Å². The van der Waals surface area contributed by atoms with E-state index < -0.39 is 72.5 Å². The fourth-order valence-electron chi connectivity index (χ4n) is 6.56. The Hall–Kier alpha value is -5.46. The molecule has 2 aromatic rings. The van der Waals surface area contributed by atoms with E-state index in [1.807, 2.05) is 67.6 Å². The summed E-state index contributed by atoms with van der Waals surface area (Å²) in [7, 11) is 0. The smallest absolute Gasteiger partial charge is 0.410 e. The van der Waals surface area contributed by atoms with E-state index in [2.05, 4.69) is 30.1 Å². The molecular weight excluding hydrogens is 636 g/mol. The van der Waals surface area contributed by atoms with E-state index in [-0.39, 0.29) is 19.6 Å². The van der Waals surface area contributed by atoms with Crippen molar-refractivity contribution >= 4 is 18.0 Å². The number of ether oxygens (including phenoxy) is 4. The first-order chi connectivity index (χ1) is 23.7. The topological polar surface area (TPSA) is 238 Å². The summed E-state index contributed by atoms with van der Waals surface area (Å²) >= 11 is 0. The lowest BCUT2D eigenvalue weighted by Gasteiger charge is -2.50. The lowest BCUT2D eigenvalue weighted by Crippen LogP contribution is -2.62. The molecule has 2 aliphatic rings. The van der Waals surface area contributed by atoms with E-state index in [0.717, 1.165) is 25.0 Å². The molecule has 49 heavy (non-hydrogen) atoms. The minimum Gasteiger partial charge on any atom is -0.458 e. The maximum atomic E-state index is 13.7. The average Bonchev–Trinajstić information content (AvgIpc) is 3.09. The van der Waals surface area contributed by atoms with Crippen molar-refractivity contribution in [2.75, 3.05) is 0 Å². The van der Waals surface area contributed by atoms with Crippen molar-refractivity contribution in [1.29, 1.82) is 0 Å². The number of hydrogen-bond acceptors (Lipinski definition) is 10. The van der Waals surface area contributed by atoms with E-state index in [1.165, 1.54) is 0 Å². The van der Waals surface area contributed by atoms with Gasteiger partial charge in [-0.15, -0.1) is 0 Å². The molecule has 0 spiro atoms. The van der Waals surface area contributed by atoms with Crippen LogP contribution in [0.25, 0.3) is 31.3 Å². The van der Waals surface area contributed by atoms with Crippen LogP contribution in [0, 0.1) is 5.92 Å². The number of rotatable bonds is 12. The fraction of sp³-hybridized carbons (Fsp3) is 0.531. The molecule has 1 saturated heterocycles. The summed E-state index contributed by atoms with van der Waals surface area (Å²) in [5, 5.41) is 11.7. The number of azide groups is 3. The van der Waals surface area contributed by atoms with Gasteiger partial charge in [0.2, 0.25) is 0 Å². The van der Waals surface area contributed by atoms with Gasteiger partial charge in [0, 0.05) is 47.1 Å². The molecule has 1 heterocycles. The Morgan fingerprint density at radius 3 is 1.96 bits per heavy atom. The van der Waals surface area contributed by atoms with Crippen LogP contribution in [0.4, 0.5) is 4.79 Å². The second kappa shape index (κ2) is 17.6. The summed E-state index contributed by atoms with van der Waals surface area (Å²) in [6, 6.07) is 15.2. The number of nitrogens with zero attached hydrogens (tertiary/aromatic N) is 10.